The predicted octanol–water partition coefficient (Wildman–Crippen LogP) is 1.83. The van der Waals surface area contributed by atoms with Gasteiger partial charge in [-0.25, -0.2) is 0 Å². The fourth-order valence-electron chi connectivity index (χ4n) is 1.98. The van der Waals surface area contributed by atoms with Crippen molar-refractivity contribution in [3.05, 3.63) is 29.0 Å². The van der Waals surface area contributed by atoms with Crippen LogP contribution in [0.2, 0.25) is 5.02 Å². The van der Waals surface area contributed by atoms with Crippen molar-refractivity contribution in [1.82, 2.24) is 14.8 Å². The maximum absolute atomic E-state index is 12.1. The summed E-state index contributed by atoms with van der Waals surface area (Å²) in [5.41, 5.74) is 0.837. The van der Waals surface area contributed by atoms with Gasteiger partial charge >= 0.3 is 0 Å². The van der Waals surface area contributed by atoms with Crippen LogP contribution < -0.4 is 0 Å². The minimum Gasteiger partial charge on any atom is -0.344 e. The highest BCUT2D eigenvalue weighted by molar-refractivity contribution is 6.31. The summed E-state index contributed by atoms with van der Waals surface area (Å²) in [6.07, 6.45) is 6.16. The van der Waals surface area contributed by atoms with Crippen LogP contribution in [0.3, 0.4) is 0 Å². The average molecular weight is 282 g/mol. The third-order valence-electron chi connectivity index (χ3n) is 3.58. The first-order valence-electron chi connectivity index (χ1n) is 6.60. The van der Waals surface area contributed by atoms with Gasteiger partial charge in [0.15, 0.2) is 0 Å². The lowest BCUT2D eigenvalue weighted by atomic mass is 10.2. The number of pyridine rings is 1. The smallest absolute Gasteiger partial charge is 0.226 e. The first kappa shape index (κ1) is 14.3. The lowest BCUT2D eigenvalue weighted by molar-refractivity contribution is -0.129. The number of amides is 1. The molecule has 0 aliphatic heterocycles. The summed E-state index contributed by atoms with van der Waals surface area (Å²) >= 11 is 6.01. The van der Waals surface area contributed by atoms with Crippen molar-refractivity contribution in [3.63, 3.8) is 0 Å². The van der Waals surface area contributed by atoms with Crippen LogP contribution in [0.4, 0.5) is 0 Å². The number of rotatable bonds is 6. The van der Waals surface area contributed by atoms with Crippen LogP contribution >= 0.6 is 11.6 Å². The highest BCUT2D eigenvalue weighted by atomic mass is 35.5. The Morgan fingerprint density at radius 3 is 2.79 bits per heavy atom. The molecule has 0 saturated heterocycles. The number of carbonyl (C=O) groups is 1. The van der Waals surface area contributed by atoms with Gasteiger partial charge in [0.2, 0.25) is 5.91 Å². The standard InChI is InChI=1S/C14H20ClN3O/c1-17(12-3-4-12)7-8-18(2)14(19)9-11-5-6-16-10-13(11)15/h5-6,10,12H,3-4,7-9H2,1-2H3. The molecule has 1 aromatic rings. The zero-order chi connectivity index (χ0) is 13.8. The van der Waals surface area contributed by atoms with E-state index < -0.39 is 0 Å². The molecule has 2 rings (SSSR count). The van der Waals surface area contributed by atoms with Gasteiger partial charge in [-0.05, 0) is 31.5 Å². The molecule has 0 radical (unpaired) electrons. The summed E-state index contributed by atoms with van der Waals surface area (Å²) in [6, 6.07) is 2.53. The van der Waals surface area contributed by atoms with E-state index in [0.717, 1.165) is 24.7 Å². The van der Waals surface area contributed by atoms with Gasteiger partial charge < -0.3 is 9.80 Å². The van der Waals surface area contributed by atoms with Crippen molar-refractivity contribution < 1.29 is 4.79 Å². The van der Waals surface area contributed by atoms with Gasteiger partial charge in [0, 0.05) is 38.6 Å². The van der Waals surface area contributed by atoms with Gasteiger partial charge in [0.25, 0.3) is 0 Å². The normalized spacial score (nSPS) is 14.7. The largest absolute Gasteiger partial charge is 0.344 e. The van der Waals surface area contributed by atoms with Crippen LogP contribution in [0, 0.1) is 0 Å². The Bertz CT molecular complexity index is 448. The molecule has 0 bridgehead atoms. The second-order valence-electron chi connectivity index (χ2n) is 5.17. The maximum atomic E-state index is 12.1. The molecule has 0 unspecified atom stereocenters. The molecule has 19 heavy (non-hydrogen) atoms. The molecule has 1 fully saturated rings. The van der Waals surface area contributed by atoms with Crippen molar-refractivity contribution in [3.8, 4) is 0 Å². The molecule has 0 aromatic carbocycles. The van der Waals surface area contributed by atoms with Crippen LogP contribution in [0.5, 0.6) is 0 Å². The molecule has 1 amide bonds. The maximum Gasteiger partial charge on any atom is 0.226 e. The number of nitrogens with zero attached hydrogens (tertiary/aromatic N) is 3. The highest BCUT2D eigenvalue weighted by Gasteiger charge is 2.26. The van der Waals surface area contributed by atoms with Crippen molar-refractivity contribution in [2.75, 3.05) is 27.2 Å². The van der Waals surface area contributed by atoms with Crippen molar-refractivity contribution >= 4 is 17.5 Å². The Balaban J connectivity index is 1.80. The van der Waals surface area contributed by atoms with E-state index in [2.05, 4.69) is 16.9 Å². The Labute approximate surface area is 119 Å². The predicted molar refractivity (Wildman–Crippen MR) is 76.2 cm³/mol. The van der Waals surface area contributed by atoms with E-state index in [1.165, 1.54) is 12.8 Å². The summed E-state index contributed by atoms with van der Waals surface area (Å²) in [5, 5.41) is 0.555. The molecule has 1 aromatic heterocycles. The second-order valence-corrected chi connectivity index (χ2v) is 5.58. The monoisotopic (exact) mass is 281 g/mol. The van der Waals surface area contributed by atoms with E-state index in [1.807, 2.05) is 7.05 Å². The molecule has 4 nitrogen and oxygen atoms in total. The van der Waals surface area contributed by atoms with Crippen LogP contribution in [0.1, 0.15) is 18.4 Å². The zero-order valence-corrected chi connectivity index (χ0v) is 12.2. The van der Waals surface area contributed by atoms with Crippen LogP contribution in [0.25, 0.3) is 0 Å². The Morgan fingerprint density at radius 1 is 1.42 bits per heavy atom. The number of halogens is 1. The molecule has 1 saturated carbocycles. The van der Waals surface area contributed by atoms with Gasteiger partial charge in [-0.3, -0.25) is 9.78 Å². The van der Waals surface area contributed by atoms with E-state index >= 15 is 0 Å². The molecule has 5 heteroatoms. The van der Waals surface area contributed by atoms with Gasteiger partial charge in [0.05, 0.1) is 11.4 Å². The third kappa shape index (κ3) is 4.18. The lowest BCUT2D eigenvalue weighted by Crippen LogP contribution is -2.36. The molecule has 104 valence electrons. The molecular weight excluding hydrogens is 262 g/mol. The Hall–Kier alpha value is -1.13. The zero-order valence-electron chi connectivity index (χ0n) is 11.5. The van der Waals surface area contributed by atoms with E-state index in [9.17, 15) is 4.79 Å². The van der Waals surface area contributed by atoms with E-state index in [1.54, 1.807) is 23.4 Å². The van der Waals surface area contributed by atoms with Crippen LogP contribution in [0.15, 0.2) is 18.5 Å². The van der Waals surface area contributed by atoms with Crippen molar-refractivity contribution in [2.45, 2.75) is 25.3 Å². The highest BCUT2D eigenvalue weighted by Crippen LogP contribution is 2.24. The fraction of sp³-hybridized carbons (Fsp3) is 0.571. The average Bonchev–Trinajstić information content (AvgIpc) is 3.22. The van der Waals surface area contributed by atoms with Gasteiger partial charge in [-0.1, -0.05) is 11.6 Å². The third-order valence-corrected chi connectivity index (χ3v) is 3.92. The molecule has 1 heterocycles. The summed E-state index contributed by atoms with van der Waals surface area (Å²) in [5.74, 6) is 0.0947. The van der Waals surface area contributed by atoms with Crippen LogP contribution in [-0.4, -0.2) is 53.9 Å². The van der Waals surface area contributed by atoms with E-state index in [-0.39, 0.29) is 5.91 Å². The van der Waals surface area contributed by atoms with Gasteiger partial charge in [-0.2, -0.15) is 0 Å². The summed E-state index contributed by atoms with van der Waals surface area (Å²) in [6.45, 7) is 1.69. The first-order valence-corrected chi connectivity index (χ1v) is 6.98. The van der Waals surface area contributed by atoms with Gasteiger partial charge in [-0.15, -0.1) is 0 Å². The Kier molecular flexibility index (Phi) is 4.77. The molecule has 0 N–H and O–H groups in total. The van der Waals surface area contributed by atoms with E-state index in [0.29, 0.717) is 11.4 Å². The quantitative estimate of drug-likeness (QED) is 0.798. The van der Waals surface area contributed by atoms with Crippen LogP contribution in [-0.2, 0) is 11.2 Å². The molecular formula is C14H20ClN3O. The second kappa shape index (κ2) is 6.35. The fourth-order valence-corrected chi connectivity index (χ4v) is 2.16. The molecule has 1 aliphatic rings. The molecule has 1 aliphatic carbocycles. The number of hydrogen-bond donors (Lipinski definition) is 0. The SMILES string of the molecule is CN(CCN(C)C1CC1)C(=O)Cc1ccncc1Cl. The molecule has 0 atom stereocenters. The Morgan fingerprint density at radius 2 is 2.16 bits per heavy atom. The topological polar surface area (TPSA) is 36.4 Å². The van der Waals surface area contributed by atoms with Crippen molar-refractivity contribution in [1.29, 1.82) is 0 Å². The minimum absolute atomic E-state index is 0.0947. The van der Waals surface area contributed by atoms with Gasteiger partial charge in [0.1, 0.15) is 0 Å². The first-order chi connectivity index (χ1) is 9.08. The molecule has 0 spiro atoms. The van der Waals surface area contributed by atoms with Crippen molar-refractivity contribution in [2.24, 2.45) is 0 Å². The number of aromatic nitrogens is 1. The summed E-state index contributed by atoms with van der Waals surface area (Å²) in [7, 11) is 3.97. The number of carbonyl (C=O) groups excluding carboxylic acids is 1. The van der Waals surface area contributed by atoms with E-state index in [4.69, 9.17) is 11.6 Å². The lowest BCUT2D eigenvalue weighted by Gasteiger charge is -2.22. The minimum atomic E-state index is 0.0947. The summed E-state index contributed by atoms with van der Waals surface area (Å²) < 4.78 is 0. The number of hydrogen-bond acceptors (Lipinski definition) is 3. The summed E-state index contributed by atoms with van der Waals surface area (Å²) in [4.78, 5) is 20.1. The number of likely N-dealkylation sites (N-methyl/N-ethyl adjacent to an activating group) is 2.